The average Bonchev–Trinajstić information content (AvgIpc) is 2.26. The highest BCUT2D eigenvalue weighted by atomic mass is 15.1. The van der Waals surface area contributed by atoms with Crippen LogP contribution in [0.15, 0.2) is 30.3 Å². The summed E-state index contributed by atoms with van der Waals surface area (Å²) in [5, 5.41) is 0. The molecule has 78 valence electrons. The van der Waals surface area contributed by atoms with E-state index in [4.69, 9.17) is 11.5 Å². The van der Waals surface area contributed by atoms with Gasteiger partial charge in [0.1, 0.15) is 0 Å². The van der Waals surface area contributed by atoms with E-state index in [-0.39, 0.29) is 6.04 Å². The Balaban J connectivity index is 2.63. The number of nitrogens with two attached hydrogens (primary N) is 2. The van der Waals surface area contributed by atoms with Crippen LogP contribution < -0.4 is 16.4 Å². The van der Waals surface area contributed by atoms with E-state index in [1.54, 1.807) is 0 Å². The second-order valence-electron chi connectivity index (χ2n) is 3.37. The molecule has 0 spiro atoms. The molecule has 0 aliphatic rings. The molecule has 0 heterocycles. The van der Waals surface area contributed by atoms with Gasteiger partial charge in [0, 0.05) is 31.4 Å². The number of likely N-dealkylation sites (N-methyl/N-ethyl adjacent to an activating group) is 1. The van der Waals surface area contributed by atoms with Gasteiger partial charge in [-0.2, -0.15) is 0 Å². The first-order valence-corrected chi connectivity index (χ1v) is 5.03. The van der Waals surface area contributed by atoms with E-state index in [2.05, 4.69) is 24.0 Å². The molecule has 1 aromatic rings. The summed E-state index contributed by atoms with van der Waals surface area (Å²) in [6, 6.07) is 10.3. The van der Waals surface area contributed by atoms with E-state index in [9.17, 15) is 0 Å². The Hall–Kier alpha value is -1.06. The Labute approximate surface area is 85.7 Å². The zero-order chi connectivity index (χ0) is 10.4. The van der Waals surface area contributed by atoms with Gasteiger partial charge in [0.15, 0.2) is 0 Å². The van der Waals surface area contributed by atoms with Crippen LogP contribution in [0.3, 0.4) is 0 Å². The lowest BCUT2D eigenvalue weighted by molar-refractivity contribution is 0.648. The SMILES string of the molecule is CCN(CC(N)CN)c1ccccc1. The number of nitrogens with zero attached hydrogens (tertiary/aromatic N) is 1. The Bertz CT molecular complexity index is 248. The third-order valence-electron chi connectivity index (χ3n) is 2.26. The summed E-state index contributed by atoms with van der Waals surface area (Å²) in [6.45, 7) is 4.42. The quantitative estimate of drug-likeness (QED) is 0.727. The molecule has 0 saturated heterocycles. The van der Waals surface area contributed by atoms with Crippen LogP contribution in [0.1, 0.15) is 6.92 Å². The summed E-state index contributed by atoms with van der Waals surface area (Å²) in [6.07, 6.45) is 0. The molecule has 0 fully saturated rings. The van der Waals surface area contributed by atoms with Crippen LogP contribution in [0.4, 0.5) is 5.69 Å². The van der Waals surface area contributed by atoms with Crippen LogP contribution in [0.2, 0.25) is 0 Å². The lowest BCUT2D eigenvalue weighted by atomic mass is 10.2. The smallest absolute Gasteiger partial charge is 0.0366 e. The first kappa shape index (κ1) is 11.0. The van der Waals surface area contributed by atoms with E-state index in [1.807, 2.05) is 18.2 Å². The fourth-order valence-corrected chi connectivity index (χ4v) is 1.41. The molecule has 0 aliphatic carbocycles. The van der Waals surface area contributed by atoms with Gasteiger partial charge in [0.25, 0.3) is 0 Å². The molecular weight excluding hydrogens is 174 g/mol. The number of para-hydroxylation sites is 1. The highest BCUT2D eigenvalue weighted by Crippen LogP contribution is 2.12. The molecule has 1 unspecified atom stereocenters. The van der Waals surface area contributed by atoms with Gasteiger partial charge in [-0.1, -0.05) is 18.2 Å². The molecule has 3 heteroatoms. The zero-order valence-electron chi connectivity index (χ0n) is 8.69. The van der Waals surface area contributed by atoms with Crippen LogP contribution in [0.5, 0.6) is 0 Å². The first-order valence-electron chi connectivity index (χ1n) is 5.03. The maximum absolute atomic E-state index is 5.82. The third-order valence-corrected chi connectivity index (χ3v) is 2.26. The molecule has 0 aromatic heterocycles. The Morgan fingerprint density at radius 3 is 2.43 bits per heavy atom. The van der Waals surface area contributed by atoms with Crippen molar-refractivity contribution in [2.24, 2.45) is 11.5 Å². The second-order valence-corrected chi connectivity index (χ2v) is 3.37. The minimum atomic E-state index is 0.0511. The Morgan fingerprint density at radius 2 is 1.93 bits per heavy atom. The van der Waals surface area contributed by atoms with Gasteiger partial charge >= 0.3 is 0 Å². The second kappa shape index (κ2) is 5.62. The molecule has 0 bridgehead atoms. The molecule has 14 heavy (non-hydrogen) atoms. The molecular formula is C11H19N3. The van der Waals surface area contributed by atoms with Crippen LogP contribution in [-0.4, -0.2) is 25.7 Å². The van der Waals surface area contributed by atoms with Crippen molar-refractivity contribution in [1.29, 1.82) is 0 Å². The normalized spacial score (nSPS) is 12.5. The topological polar surface area (TPSA) is 55.3 Å². The van der Waals surface area contributed by atoms with Gasteiger partial charge < -0.3 is 16.4 Å². The van der Waals surface area contributed by atoms with Crippen molar-refractivity contribution < 1.29 is 0 Å². The lowest BCUT2D eigenvalue weighted by Gasteiger charge is -2.25. The summed E-state index contributed by atoms with van der Waals surface area (Å²) < 4.78 is 0. The van der Waals surface area contributed by atoms with Crippen molar-refractivity contribution in [3.8, 4) is 0 Å². The Kier molecular flexibility index (Phi) is 4.43. The highest BCUT2D eigenvalue weighted by molar-refractivity contribution is 5.45. The summed E-state index contributed by atoms with van der Waals surface area (Å²) in [4.78, 5) is 2.23. The summed E-state index contributed by atoms with van der Waals surface area (Å²) >= 11 is 0. The van der Waals surface area contributed by atoms with Crippen LogP contribution in [0, 0.1) is 0 Å². The van der Waals surface area contributed by atoms with Crippen molar-refractivity contribution in [3.05, 3.63) is 30.3 Å². The molecule has 0 saturated carbocycles. The fourth-order valence-electron chi connectivity index (χ4n) is 1.41. The first-order chi connectivity index (χ1) is 6.77. The molecule has 1 atom stereocenters. The number of hydrogen-bond acceptors (Lipinski definition) is 3. The van der Waals surface area contributed by atoms with Gasteiger partial charge in [-0.3, -0.25) is 0 Å². The number of rotatable bonds is 5. The summed E-state index contributed by atoms with van der Waals surface area (Å²) in [7, 11) is 0. The number of anilines is 1. The van der Waals surface area contributed by atoms with Crippen molar-refractivity contribution >= 4 is 5.69 Å². The molecule has 0 radical (unpaired) electrons. The van der Waals surface area contributed by atoms with Crippen molar-refractivity contribution in [2.45, 2.75) is 13.0 Å². The summed E-state index contributed by atoms with van der Waals surface area (Å²) in [5.41, 5.74) is 12.5. The van der Waals surface area contributed by atoms with E-state index in [1.165, 1.54) is 5.69 Å². The van der Waals surface area contributed by atoms with E-state index in [0.29, 0.717) is 6.54 Å². The standard InChI is InChI=1S/C11H19N3/c1-2-14(9-10(13)8-12)11-6-4-3-5-7-11/h3-7,10H,2,8-9,12-13H2,1H3. The number of benzene rings is 1. The molecule has 0 amide bonds. The molecule has 1 aromatic carbocycles. The average molecular weight is 193 g/mol. The van der Waals surface area contributed by atoms with E-state index >= 15 is 0 Å². The largest absolute Gasteiger partial charge is 0.370 e. The van der Waals surface area contributed by atoms with Gasteiger partial charge in [-0.05, 0) is 19.1 Å². The fraction of sp³-hybridized carbons (Fsp3) is 0.455. The van der Waals surface area contributed by atoms with Gasteiger partial charge in [0.2, 0.25) is 0 Å². The van der Waals surface area contributed by atoms with Crippen LogP contribution in [-0.2, 0) is 0 Å². The predicted octanol–water partition coefficient (Wildman–Crippen LogP) is 0.799. The van der Waals surface area contributed by atoms with Crippen molar-refractivity contribution in [2.75, 3.05) is 24.5 Å². The van der Waals surface area contributed by atoms with Gasteiger partial charge in [-0.25, -0.2) is 0 Å². The molecule has 4 N–H and O–H groups in total. The Morgan fingerprint density at radius 1 is 1.29 bits per heavy atom. The van der Waals surface area contributed by atoms with Crippen LogP contribution >= 0.6 is 0 Å². The minimum absolute atomic E-state index is 0.0511. The maximum atomic E-state index is 5.82. The maximum Gasteiger partial charge on any atom is 0.0366 e. The summed E-state index contributed by atoms with van der Waals surface area (Å²) in [5.74, 6) is 0. The predicted molar refractivity (Wildman–Crippen MR) is 61.4 cm³/mol. The minimum Gasteiger partial charge on any atom is -0.370 e. The van der Waals surface area contributed by atoms with Gasteiger partial charge in [-0.15, -0.1) is 0 Å². The van der Waals surface area contributed by atoms with Gasteiger partial charge in [0.05, 0.1) is 0 Å². The molecule has 3 nitrogen and oxygen atoms in total. The van der Waals surface area contributed by atoms with Crippen molar-refractivity contribution in [1.82, 2.24) is 0 Å². The van der Waals surface area contributed by atoms with E-state index in [0.717, 1.165) is 13.1 Å². The number of hydrogen-bond donors (Lipinski definition) is 2. The zero-order valence-corrected chi connectivity index (χ0v) is 8.69. The molecule has 1 rings (SSSR count). The third kappa shape index (κ3) is 3.01. The van der Waals surface area contributed by atoms with E-state index < -0.39 is 0 Å². The monoisotopic (exact) mass is 193 g/mol. The lowest BCUT2D eigenvalue weighted by Crippen LogP contribution is -2.42. The van der Waals surface area contributed by atoms with Crippen LogP contribution in [0.25, 0.3) is 0 Å². The van der Waals surface area contributed by atoms with Crippen molar-refractivity contribution in [3.63, 3.8) is 0 Å². The highest BCUT2D eigenvalue weighted by Gasteiger charge is 2.07. The molecule has 0 aliphatic heterocycles.